The number of nitrogens with one attached hydrogen (secondary N) is 1. The second-order valence-corrected chi connectivity index (χ2v) is 5.99. The molecular weight excluding hydrogens is 262 g/mol. The van der Waals surface area contributed by atoms with Crippen molar-refractivity contribution in [2.75, 3.05) is 19.7 Å². The number of hydrogen-bond acceptors (Lipinski definition) is 2. The van der Waals surface area contributed by atoms with Crippen molar-refractivity contribution in [1.29, 1.82) is 0 Å². The van der Waals surface area contributed by atoms with Gasteiger partial charge >= 0.3 is 0 Å². The van der Waals surface area contributed by atoms with Crippen LogP contribution in [0, 0.1) is 5.92 Å². The highest BCUT2D eigenvalue weighted by Gasteiger charge is 2.16. The van der Waals surface area contributed by atoms with Crippen LogP contribution < -0.4 is 15.8 Å². The fourth-order valence-electron chi connectivity index (χ4n) is 2.39. The SMILES string of the molecule is CC(C)c1ccccc1OCCNC(N)=NCC1CCC1. The summed E-state index contributed by atoms with van der Waals surface area (Å²) in [4.78, 5) is 4.36. The lowest BCUT2D eigenvalue weighted by molar-refractivity contribution is 0.316. The molecule has 2 rings (SSSR count). The van der Waals surface area contributed by atoms with Gasteiger partial charge in [0.15, 0.2) is 5.96 Å². The van der Waals surface area contributed by atoms with E-state index in [0.29, 0.717) is 25.0 Å². The summed E-state index contributed by atoms with van der Waals surface area (Å²) in [5.41, 5.74) is 7.08. The van der Waals surface area contributed by atoms with Crippen LogP contribution in [0.4, 0.5) is 0 Å². The summed E-state index contributed by atoms with van der Waals surface area (Å²) >= 11 is 0. The molecule has 0 aliphatic heterocycles. The molecule has 0 saturated heterocycles. The maximum Gasteiger partial charge on any atom is 0.188 e. The Morgan fingerprint density at radius 2 is 2.14 bits per heavy atom. The molecule has 116 valence electrons. The van der Waals surface area contributed by atoms with E-state index >= 15 is 0 Å². The summed E-state index contributed by atoms with van der Waals surface area (Å²) in [5, 5.41) is 3.11. The van der Waals surface area contributed by atoms with Crippen molar-refractivity contribution >= 4 is 5.96 Å². The Morgan fingerprint density at radius 3 is 2.81 bits per heavy atom. The predicted octanol–water partition coefficient (Wildman–Crippen LogP) is 2.89. The Bertz CT molecular complexity index is 467. The standard InChI is InChI=1S/C17H27N3O/c1-13(2)15-8-3-4-9-16(15)21-11-10-19-17(18)20-12-14-6-5-7-14/h3-4,8-9,13-14H,5-7,10-12H2,1-2H3,(H3,18,19,20). The molecule has 3 N–H and O–H groups in total. The zero-order chi connectivity index (χ0) is 15.1. The van der Waals surface area contributed by atoms with Crippen molar-refractivity contribution in [3.63, 3.8) is 0 Å². The van der Waals surface area contributed by atoms with E-state index in [1.165, 1.54) is 24.8 Å². The summed E-state index contributed by atoms with van der Waals surface area (Å²) in [6, 6.07) is 8.18. The van der Waals surface area contributed by atoms with E-state index in [0.717, 1.165) is 18.2 Å². The van der Waals surface area contributed by atoms with Crippen molar-refractivity contribution in [3.8, 4) is 5.75 Å². The number of hydrogen-bond donors (Lipinski definition) is 2. The molecule has 1 saturated carbocycles. The minimum absolute atomic E-state index is 0.461. The molecule has 0 heterocycles. The molecule has 0 bridgehead atoms. The Labute approximate surface area is 127 Å². The highest BCUT2D eigenvalue weighted by molar-refractivity contribution is 5.77. The molecule has 1 aromatic carbocycles. The third kappa shape index (κ3) is 4.96. The van der Waals surface area contributed by atoms with Crippen LogP contribution >= 0.6 is 0 Å². The smallest absolute Gasteiger partial charge is 0.188 e. The number of ether oxygens (including phenoxy) is 1. The third-order valence-corrected chi connectivity index (χ3v) is 3.95. The average molecular weight is 289 g/mol. The molecule has 1 aliphatic carbocycles. The first-order valence-corrected chi connectivity index (χ1v) is 7.92. The summed E-state index contributed by atoms with van der Waals surface area (Å²) in [7, 11) is 0. The molecule has 1 aliphatic rings. The van der Waals surface area contributed by atoms with Gasteiger partial charge in [0.05, 0.1) is 6.54 Å². The maximum atomic E-state index is 5.84. The Kier molecular flexibility index (Phi) is 5.90. The first kappa shape index (κ1) is 15.7. The van der Waals surface area contributed by atoms with Crippen LogP contribution in [0.1, 0.15) is 44.6 Å². The second kappa shape index (κ2) is 7.91. The average Bonchev–Trinajstić information content (AvgIpc) is 2.42. The van der Waals surface area contributed by atoms with Crippen LogP contribution in [0.5, 0.6) is 5.75 Å². The monoisotopic (exact) mass is 289 g/mol. The molecule has 4 heteroatoms. The number of nitrogens with two attached hydrogens (primary N) is 1. The zero-order valence-corrected chi connectivity index (χ0v) is 13.1. The van der Waals surface area contributed by atoms with Gasteiger partial charge in [0, 0.05) is 6.54 Å². The Balaban J connectivity index is 1.69. The first-order valence-electron chi connectivity index (χ1n) is 7.92. The maximum absolute atomic E-state index is 5.84. The van der Waals surface area contributed by atoms with Gasteiger partial charge in [-0.05, 0) is 36.3 Å². The Hall–Kier alpha value is -1.71. The van der Waals surface area contributed by atoms with Gasteiger partial charge in [-0.15, -0.1) is 0 Å². The van der Waals surface area contributed by atoms with E-state index < -0.39 is 0 Å². The van der Waals surface area contributed by atoms with Gasteiger partial charge < -0.3 is 15.8 Å². The predicted molar refractivity (Wildman–Crippen MR) is 87.9 cm³/mol. The van der Waals surface area contributed by atoms with Crippen molar-refractivity contribution < 1.29 is 4.74 Å². The number of rotatable bonds is 7. The van der Waals surface area contributed by atoms with E-state index in [4.69, 9.17) is 10.5 Å². The normalized spacial score (nSPS) is 15.9. The number of aliphatic imine (C=N–C) groups is 1. The fourth-order valence-corrected chi connectivity index (χ4v) is 2.39. The van der Waals surface area contributed by atoms with E-state index in [9.17, 15) is 0 Å². The van der Waals surface area contributed by atoms with Gasteiger partial charge in [0.25, 0.3) is 0 Å². The molecule has 1 aromatic rings. The lowest BCUT2D eigenvalue weighted by Crippen LogP contribution is -2.35. The molecule has 0 amide bonds. The van der Waals surface area contributed by atoms with E-state index in [1.807, 2.05) is 18.2 Å². The molecule has 0 radical (unpaired) electrons. The molecule has 21 heavy (non-hydrogen) atoms. The number of benzene rings is 1. The third-order valence-electron chi connectivity index (χ3n) is 3.95. The molecule has 0 unspecified atom stereocenters. The van der Waals surface area contributed by atoms with Crippen molar-refractivity contribution in [3.05, 3.63) is 29.8 Å². The molecule has 4 nitrogen and oxygen atoms in total. The van der Waals surface area contributed by atoms with Gasteiger partial charge in [-0.1, -0.05) is 38.5 Å². The first-order chi connectivity index (χ1) is 10.2. The summed E-state index contributed by atoms with van der Waals surface area (Å²) < 4.78 is 5.83. The van der Waals surface area contributed by atoms with Crippen molar-refractivity contribution in [2.24, 2.45) is 16.6 Å². The van der Waals surface area contributed by atoms with Crippen molar-refractivity contribution in [2.45, 2.75) is 39.0 Å². The molecule has 0 aromatic heterocycles. The molecule has 0 atom stereocenters. The van der Waals surface area contributed by atoms with Gasteiger partial charge in [0.1, 0.15) is 12.4 Å². The number of para-hydroxylation sites is 1. The molecule has 0 spiro atoms. The lowest BCUT2D eigenvalue weighted by atomic mass is 9.86. The van der Waals surface area contributed by atoms with Crippen LogP contribution in [0.15, 0.2) is 29.3 Å². The molecular formula is C17H27N3O. The van der Waals surface area contributed by atoms with Gasteiger partial charge in [-0.3, -0.25) is 4.99 Å². The quantitative estimate of drug-likeness (QED) is 0.461. The largest absolute Gasteiger partial charge is 0.491 e. The van der Waals surface area contributed by atoms with Gasteiger partial charge in [-0.2, -0.15) is 0 Å². The van der Waals surface area contributed by atoms with Crippen LogP contribution in [0.2, 0.25) is 0 Å². The minimum Gasteiger partial charge on any atom is -0.491 e. The van der Waals surface area contributed by atoms with E-state index in [2.05, 4.69) is 30.2 Å². The van der Waals surface area contributed by atoms with Crippen molar-refractivity contribution in [1.82, 2.24) is 5.32 Å². The summed E-state index contributed by atoms with van der Waals surface area (Å²) in [6.07, 6.45) is 3.94. The topological polar surface area (TPSA) is 59.6 Å². The summed E-state index contributed by atoms with van der Waals surface area (Å²) in [6.45, 7) is 6.46. The van der Waals surface area contributed by atoms with Crippen LogP contribution in [0.25, 0.3) is 0 Å². The minimum atomic E-state index is 0.461. The van der Waals surface area contributed by atoms with Gasteiger partial charge in [-0.25, -0.2) is 0 Å². The fraction of sp³-hybridized carbons (Fsp3) is 0.588. The molecule has 1 fully saturated rings. The van der Waals surface area contributed by atoms with Crippen LogP contribution in [-0.4, -0.2) is 25.7 Å². The van der Waals surface area contributed by atoms with Crippen LogP contribution in [-0.2, 0) is 0 Å². The number of nitrogens with zero attached hydrogens (tertiary/aromatic N) is 1. The highest BCUT2D eigenvalue weighted by atomic mass is 16.5. The zero-order valence-electron chi connectivity index (χ0n) is 13.1. The lowest BCUT2D eigenvalue weighted by Gasteiger charge is -2.23. The van der Waals surface area contributed by atoms with Gasteiger partial charge in [0.2, 0.25) is 0 Å². The van der Waals surface area contributed by atoms with Crippen LogP contribution in [0.3, 0.4) is 0 Å². The summed E-state index contributed by atoms with van der Waals surface area (Å²) in [5.74, 6) is 2.70. The van der Waals surface area contributed by atoms with E-state index in [-0.39, 0.29) is 0 Å². The number of guanidine groups is 1. The second-order valence-electron chi connectivity index (χ2n) is 5.99. The highest BCUT2D eigenvalue weighted by Crippen LogP contribution is 2.26. The van der Waals surface area contributed by atoms with E-state index in [1.54, 1.807) is 0 Å². The Morgan fingerprint density at radius 1 is 1.38 bits per heavy atom.